The normalized spacial score (nSPS) is 17.4. The molecule has 0 saturated heterocycles. The molecule has 0 aliphatic heterocycles. The molecule has 0 amide bonds. The number of alkyl halides is 3. The highest BCUT2D eigenvalue weighted by molar-refractivity contribution is 8.06. The van der Waals surface area contributed by atoms with E-state index >= 15 is 0 Å². The fourth-order valence-electron chi connectivity index (χ4n) is 2.94. The van der Waals surface area contributed by atoms with E-state index in [2.05, 4.69) is 0 Å². The van der Waals surface area contributed by atoms with Gasteiger partial charge in [0.2, 0.25) is 0 Å². The topological polar surface area (TPSA) is 104 Å². The van der Waals surface area contributed by atoms with Gasteiger partial charge in [0.25, 0.3) is 20.0 Å². The maximum absolute atomic E-state index is 14.8. The number of rotatable bonds is 5. The third-order valence-electron chi connectivity index (χ3n) is 4.41. The van der Waals surface area contributed by atoms with Gasteiger partial charge >= 0.3 is 6.18 Å². The van der Waals surface area contributed by atoms with Crippen LogP contribution in [0.2, 0.25) is 0 Å². The van der Waals surface area contributed by atoms with E-state index in [9.17, 15) is 43.2 Å². The summed E-state index contributed by atoms with van der Waals surface area (Å²) in [5.74, 6) is -7.79. The van der Waals surface area contributed by atoms with Gasteiger partial charge in [-0.25, -0.2) is 30.0 Å². The molecule has 184 valence electrons. The van der Waals surface area contributed by atoms with Crippen LogP contribution >= 0.6 is 0 Å². The van der Waals surface area contributed by atoms with Crippen LogP contribution in [0.4, 0.5) is 26.3 Å². The van der Waals surface area contributed by atoms with E-state index in [0.29, 0.717) is 18.9 Å². The quantitative estimate of drug-likeness (QED) is 0.437. The number of nitriles is 1. The van der Waals surface area contributed by atoms with Crippen molar-refractivity contribution in [3.8, 4) is 6.07 Å². The molecule has 2 rings (SSSR count). The van der Waals surface area contributed by atoms with Crippen LogP contribution in [-0.2, 0) is 26.2 Å². The largest absolute Gasteiger partial charge is 0.420 e. The zero-order valence-electron chi connectivity index (χ0n) is 17.2. The SMILES string of the molecule is C/C=C/c1c(F)c(S(=O)(=O)NS(=O)(=O)C2=CCCC/C=C(\C#N)C=C2)c(F)c(F)c1C(F)(F)F. The molecule has 0 fully saturated rings. The summed E-state index contributed by atoms with van der Waals surface area (Å²) >= 11 is 0. The minimum absolute atomic E-state index is 0.0590. The molecule has 1 aliphatic carbocycles. The van der Waals surface area contributed by atoms with Crippen LogP contribution in [0, 0.1) is 28.8 Å². The van der Waals surface area contributed by atoms with Crippen molar-refractivity contribution >= 4 is 26.1 Å². The number of sulfonamides is 2. The maximum Gasteiger partial charge on any atom is 0.420 e. The number of hydrogen-bond acceptors (Lipinski definition) is 5. The lowest BCUT2D eigenvalue weighted by atomic mass is 10.0. The van der Waals surface area contributed by atoms with Crippen molar-refractivity contribution in [3.63, 3.8) is 0 Å². The Morgan fingerprint density at radius 2 is 1.59 bits per heavy atom. The first-order valence-electron chi connectivity index (χ1n) is 9.34. The van der Waals surface area contributed by atoms with Gasteiger partial charge in [-0.05, 0) is 38.3 Å². The zero-order valence-corrected chi connectivity index (χ0v) is 18.9. The van der Waals surface area contributed by atoms with Crippen LogP contribution in [0.25, 0.3) is 6.08 Å². The van der Waals surface area contributed by atoms with Gasteiger partial charge in [-0.1, -0.05) is 24.3 Å². The van der Waals surface area contributed by atoms with Crippen LogP contribution in [0.5, 0.6) is 0 Å². The molecule has 0 radical (unpaired) electrons. The van der Waals surface area contributed by atoms with Crippen molar-refractivity contribution in [3.05, 3.63) is 69.4 Å². The highest BCUT2D eigenvalue weighted by Crippen LogP contribution is 2.39. The maximum atomic E-state index is 14.8. The van der Waals surface area contributed by atoms with Gasteiger partial charge in [0.1, 0.15) is 5.56 Å². The van der Waals surface area contributed by atoms with Crippen LogP contribution in [-0.4, -0.2) is 16.8 Å². The van der Waals surface area contributed by atoms with E-state index in [4.69, 9.17) is 5.26 Å². The first-order valence-corrected chi connectivity index (χ1v) is 12.3. The number of halogens is 6. The molecule has 1 aromatic carbocycles. The summed E-state index contributed by atoms with van der Waals surface area (Å²) < 4.78 is 135. The lowest BCUT2D eigenvalue weighted by molar-refractivity contribution is -0.140. The molecule has 0 unspecified atom stereocenters. The van der Waals surface area contributed by atoms with Gasteiger partial charge in [0.05, 0.1) is 11.0 Å². The Morgan fingerprint density at radius 3 is 2.15 bits per heavy atom. The number of nitrogens with one attached hydrogen (secondary N) is 1. The van der Waals surface area contributed by atoms with Gasteiger partial charge in [-0.3, -0.25) is 0 Å². The third-order valence-corrected chi connectivity index (χ3v) is 7.98. The number of benzene rings is 1. The fraction of sp³-hybridized carbons (Fsp3) is 0.250. The molecule has 0 aromatic heterocycles. The lowest BCUT2D eigenvalue weighted by Crippen LogP contribution is -2.33. The van der Waals surface area contributed by atoms with Crippen LogP contribution in [0.3, 0.4) is 0 Å². The molecule has 1 N–H and O–H groups in total. The monoisotopic (exact) mass is 526 g/mol. The van der Waals surface area contributed by atoms with E-state index in [1.807, 2.05) is 0 Å². The second-order valence-electron chi connectivity index (χ2n) is 6.79. The van der Waals surface area contributed by atoms with Crippen molar-refractivity contribution in [2.45, 2.75) is 37.3 Å². The van der Waals surface area contributed by atoms with Gasteiger partial charge in [-0.15, -0.1) is 4.13 Å². The van der Waals surface area contributed by atoms with Gasteiger partial charge in [0, 0.05) is 11.1 Å². The van der Waals surface area contributed by atoms with E-state index in [1.165, 1.54) is 6.08 Å². The van der Waals surface area contributed by atoms with E-state index in [-0.39, 0.29) is 12.0 Å². The molecule has 0 atom stereocenters. The van der Waals surface area contributed by atoms with Crippen molar-refractivity contribution in [2.75, 3.05) is 0 Å². The first kappa shape index (κ1) is 27.4. The average Bonchev–Trinajstić information content (AvgIpc) is 2.82. The summed E-state index contributed by atoms with van der Waals surface area (Å²) in [7, 11) is -10.9. The highest BCUT2D eigenvalue weighted by Gasteiger charge is 2.43. The molecular weight excluding hydrogens is 510 g/mol. The molecule has 14 heteroatoms. The van der Waals surface area contributed by atoms with E-state index < -0.39 is 64.6 Å². The smallest absolute Gasteiger partial charge is 0.206 e. The van der Waals surface area contributed by atoms with E-state index in [0.717, 1.165) is 35.4 Å². The Bertz CT molecular complexity index is 1370. The molecule has 0 bridgehead atoms. The number of nitrogens with zero attached hydrogens (tertiary/aromatic N) is 1. The Morgan fingerprint density at radius 1 is 0.971 bits per heavy atom. The molecule has 34 heavy (non-hydrogen) atoms. The molecule has 0 heterocycles. The second-order valence-corrected chi connectivity index (χ2v) is 10.3. The van der Waals surface area contributed by atoms with Crippen molar-refractivity contribution in [1.82, 2.24) is 4.13 Å². The minimum atomic E-state index is -5.79. The van der Waals surface area contributed by atoms with E-state index in [1.54, 1.807) is 6.07 Å². The summed E-state index contributed by atoms with van der Waals surface area (Å²) in [6.07, 6.45) is 0.981. The van der Waals surface area contributed by atoms with Crippen molar-refractivity contribution in [2.24, 2.45) is 0 Å². The van der Waals surface area contributed by atoms with Gasteiger partial charge in [0.15, 0.2) is 22.3 Å². The summed E-state index contributed by atoms with van der Waals surface area (Å²) in [5, 5.41) is 9.01. The average molecular weight is 526 g/mol. The lowest BCUT2D eigenvalue weighted by Gasteiger charge is -2.17. The van der Waals surface area contributed by atoms with Gasteiger partial charge < -0.3 is 0 Å². The zero-order chi connectivity index (χ0) is 25.9. The summed E-state index contributed by atoms with van der Waals surface area (Å²) in [4.78, 5) is -2.93. The second kappa shape index (κ2) is 10.2. The molecule has 6 nitrogen and oxygen atoms in total. The summed E-state index contributed by atoms with van der Waals surface area (Å²) in [6, 6.07) is 1.78. The minimum Gasteiger partial charge on any atom is -0.206 e. The number of hydrogen-bond donors (Lipinski definition) is 1. The van der Waals surface area contributed by atoms with Crippen LogP contribution in [0.1, 0.15) is 37.3 Å². The predicted molar refractivity (Wildman–Crippen MR) is 110 cm³/mol. The Kier molecular flexibility index (Phi) is 8.18. The number of allylic oxidation sites excluding steroid dienone is 6. The Hall–Kier alpha value is -2.89. The van der Waals surface area contributed by atoms with Crippen LogP contribution in [0.15, 0.2) is 45.8 Å². The summed E-state index contributed by atoms with van der Waals surface area (Å²) in [6.45, 7) is 1.11. The first-order chi connectivity index (χ1) is 15.7. The fourth-order valence-corrected chi connectivity index (χ4v) is 6.07. The Balaban J connectivity index is 2.68. The molecule has 1 aromatic rings. The van der Waals surface area contributed by atoms with Gasteiger partial charge in [-0.2, -0.15) is 18.4 Å². The molecule has 1 aliphatic rings. The summed E-state index contributed by atoms with van der Waals surface area (Å²) in [5.41, 5.74) is -3.96. The standard InChI is InChI=1S/C20H16F6N2O4S2/c1-2-6-14-15(20(24,25)26)17(22)18(23)19(16(14)21)34(31,32)28-33(29,30)13-8-5-3-4-7-12(11-27)9-10-13/h2,6-10,28H,3-5H2,1H3/b6-2+,10-9?,12-7-,13-8?. The molecule has 0 saturated carbocycles. The van der Waals surface area contributed by atoms with Crippen molar-refractivity contribution in [1.29, 1.82) is 5.26 Å². The molecular formula is C20H16F6N2O4S2. The highest BCUT2D eigenvalue weighted by atomic mass is 32.3. The predicted octanol–water partition coefficient (Wildman–Crippen LogP) is 4.84. The van der Waals surface area contributed by atoms with Crippen molar-refractivity contribution < 1.29 is 43.2 Å². The van der Waals surface area contributed by atoms with Crippen LogP contribution < -0.4 is 4.13 Å². The third kappa shape index (κ3) is 5.78. The Labute approximate surface area is 191 Å². The molecule has 0 spiro atoms.